The molecular weight excluding hydrogens is 397 g/mol. The first-order valence-electron chi connectivity index (χ1n) is 9.47. The van der Waals surface area contributed by atoms with Crippen LogP contribution < -0.4 is 0 Å². The van der Waals surface area contributed by atoms with Crippen molar-refractivity contribution in [3.63, 3.8) is 0 Å². The SMILES string of the molecule is O=C(c1ccc(C(F)(F)F)cc1)N1CCN(Cc2noc(-c3ccccc3)n2)CC1. The van der Waals surface area contributed by atoms with E-state index in [0.29, 0.717) is 44.4 Å². The summed E-state index contributed by atoms with van der Waals surface area (Å²) in [6.45, 7) is 2.67. The number of alkyl halides is 3. The fourth-order valence-corrected chi connectivity index (χ4v) is 3.31. The van der Waals surface area contributed by atoms with E-state index in [4.69, 9.17) is 4.52 Å². The lowest BCUT2D eigenvalue weighted by molar-refractivity contribution is -0.137. The summed E-state index contributed by atoms with van der Waals surface area (Å²) in [6, 6.07) is 13.8. The van der Waals surface area contributed by atoms with Gasteiger partial charge in [0.1, 0.15) is 0 Å². The molecule has 0 saturated carbocycles. The van der Waals surface area contributed by atoms with Crippen molar-refractivity contribution in [2.45, 2.75) is 12.7 Å². The van der Waals surface area contributed by atoms with Gasteiger partial charge in [-0.25, -0.2) is 0 Å². The Balaban J connectivity index is 1.32. The maximum absolute atomic E-state index is 12.7. The van der Waals surface area contributed by atoms with E-state index in [9.17, 15) is 18.0 Å². The maximum Gasteiger partial charge on any atom is 0.416 e. The standard InChI is InChI=1S/C21H19F3N4O2/c22-21(23,24)17-8-6-16(7-9-17)20(29)28-12-10-27(11-13-28)14-18-25-19(30-26-18)15-4-2-1-3-5-15/h1-9H,10-14H2. The fourth-order valence-electron chi connectivity index (χ4n) is 3.31. The molecule has 0 atom stereocenters. The molecule has 1 amide bonds. The number of benzene rings is 2. The molecule has 2 heterocycles. The minimum absolute atomic E-state index is 0.252. The van der Waals surface area contributed by atoms with E-state index in [1.807, 2.05) is 30.3 Å². The van der Waals surface area contributed by atoms with E-state index in [-0.39, 0.29) is 11.5 Å². The summed E-state index contributed by atoms with van der Waals surface area (Å²) < 4.78 is 43.3. The highest BCUT2D eigenvalue weighted by Gasteiger charge is 2.30. The predicted octanol–water partition coefficient (Wildman–Crippen LogP) is 3.71. The van der Waals surface area contributed by atoms with Crippen molar-refractivity contribution >= 4 is 5.91 Å². The molecule has 0 aliphatic carbocycles. The summed E-state index contributed by atoms with van der Waals surface area (Å²) in [4.78, 5) is 20.7. The molecule has 1 aliphatic rings. The number of hydrogen-bond donors (Lipinski definition) is 0. The van der Waals surface area contributed by atoms with Gasteiger partial charge in [-0.1, -0.05) is 23.4 Å². The smallest absolute Gasteiger partial charge is 0.336 e. The topological polar surface area (TPSA) is 62.5 Å². The van der Waals surface area contributed by atoms with Gasteiger partial charge in [0.2, 0.25) is 0 Å². The normalized spacial score (nSPS) is 15.4. The third kappa shape index (κ3) is 4.51. The number of hydrogen-bond acceptors (Lipinski definition) is 5. The molecule has 9 heteroatoms. The Hall–Kier alpha value is -3.20. The van der Waals surface area contributed by atoms with Gasteiger partial charge < -0.3 is 9.42 Å². The molecular formula is C21H19F3N4O2. The van der Waals surface area contributed by atoms with Crippen molar-refractivity contribution in [3.05, 3.63) is 71.5 Å². The number of halogens is 3. The summed E-state index contributed by atoms with van der Waals surface area (Å²) >= 11 is 0. The monoisotopic (exact) mass is 416 g/mol. The second-order valence-electron chi connectivity index (χ2n) is 7.03. The summed E-state index contributed by atoms with van der Waals surface area (Å²) in [6.07, 6.45) is -4.41. The van der Waals surface area contributed by atoms with Crippen LogP contribution in [0.15, 0.2) is 59.1 Å². The molecule has 0 bridgehead atoms. The molecule has 0 unspecified atom stereocenters. The van der Waals surface area contributed by atoms with Gasteiger partial charge in [-0.3, -0.25) is 9.69 Å². The van der Waals surface area contributed by atoms with Crippen LogP contribution in [0.5, 0.6) is 0 Å². The molecule has 30 heavy (non-hydrogen) atoms. The van der Waals surface area contributed by atoms with Gasteiger partial charge in [-0.15, -0.1) is 0 Å². The van der Waals surface area contributed by atoms with Crippen LogP contribution in [0.4, 0.5) is 13.2 Å². The highest BCUT2D eigenvalue weighted by atomic mass is 19.4. The summed E-state index contributed by atoms with van der Waals surface area (Å²) in [5.41, 5.74) is 0.337. The van der Waals surface area contributed by atoms with Crippen LogP contribution >= 0.6 is 0 Å². The summed E-state index contributed by atoms with van der Waals surface area (Å²) in [7, 11) is 0. The van der Waals surface area contributed by atoms with E-state index in [1.54, 1.807) is 4.90 Å². The maximum atomic E-state index is 12.7. The van der Waals surface area contributed by atoms with E-state index in [1.165, 1.54) is 12.1 Å². The van der Waals surface area contributed by atoms with Crippen LogP contribution in [-0.2, 0) is 12.7 Å². The van der Waals surface area contributed by atoms with Crippen LogP contribution in [-0.4, -0.2) is 52.0 Å². The van der Waals surface area contributed by atoms with Gasteiger partial charge in [-0.05, 0) is 36.4 Å². The molecule has 1 saturated heterocycles. The third-order valence-corrected chi connectivity index (χ3v) is 4.97. The number of amides is 1. The Morgan fingerprint density at radius 2 is 1.63 bits per heavy atom. The second-order valence-corrected chi connectivity index (χ2v) is 7.03. The highest BCUT2D eigenvalue weighted by molar-refractivity contribution is 5.94. The Bertz CT molecular complexity index is 995. The lowest BCUT2D eigenvalue weighted by Gasteiger charge is -2.34. The molecule has 0 radical (unpaired) electrons. The molecule has 3 aromatic rings. The molecule has 6 nitrogen and oxygen atoms in total. The molecule has 4 rings (SSSR count). The van der Waals surface area contributed by atoms with E-state index in [2.05, 4.69) is 15.0 Å². The van der Waals surface area contributed by atoms with E-state index in [0.717, 1.165) is 17.7 Å². The van der Waals surface area contributed by atoms with Crippen LogP contribution in [0.25, 0.3) is 11.5 Å². The zero-order chi connectivity index (χ0) is 21.1. The minimum Gasteiger partial charge on any atom is -0.336 e. The van der Waals surface area contributed by atoms with Crippen LogP contribution in [0.3, 0.4) is 0 Å². The van der Waals surface area contributed by atoms with Gasteiger partial charge in [0, 0.05) is 37.3 Å². The minimum atomic E-state index is -4.41. The molecule has 1 fully saturated rings. The molecule has 1 aliphatic heterocycles. The molecule has 0 N–H and O–H groups in total. The van der Waals surface area contributed by atoms with E-state index < -0.39 is 11.7 Å². The van der Waals surface area contributed by atoms with Gasteiger partial charge in [-0.2, -0.15) is 18.2 Å². The van der Waals surface area contributed by atoms with Crippen molar-refractivity contribution in [1.29, 1.82) is 0 Å². The average Bonchev–Trinajstić information content (AvgIpc) is 3.22. The number of rotatable bonds is 4. The highest BCUT2D eigenvalue weighted by Crippen LogP contribution is 2.29. The zero-order valence-electron chi connectivity index (χ0n) is 16.0. The van der Waals surface area contributed by atoms with Crippen LogP contribution in [0.1, 0.15) is 21.7 Å². The van der Waals surface area contributed by atoms with Gasteiger partial charge in [0.05, 0.1) is 12.1 Å². The van der Waals surface area contributed by atoms with Crippen LogP contribution in [0, 0.1) is 0 Å². The Morgan fingerprint density at radius 1 is 0.967 bits per heavy atom. The zero-order valence-corrected chi connectivity index (χ0v) is 16.0. The number of aromatic nitrogens is 2. The van der Waals surface area contributed by atoms with Gasteiger partial charge in [0.25, 0.3) is 11.8 Å². The van der Waals surface area contributed by atoms with Crippen molar-refractivity contribution in [2.24, 2.45) is 0 Å². The summed E-state index contributed by atoms with van der Waals surface area (Å²) in [5, 5.41) is 4.02. The molecule has 156 valence electrons. The van der Waals surface area contributed by atoms with Crippen LogP contribution in [0.2, 0.25) is 0 Å². The molecule has 1 aromatic heterocycles. The Labute approximate surface area is 170 Å². The Morgan fingerprint density at radius 3 is 2.27 bits per heavy atom. The van der Waals surface area contributed by atoms with Crippen molar-refractivity contribution in [3.8, 4) is 11.5 Å². The molecule has 2 aromatic carbocycles. The van der Waals surface area contributed by atoms with Gasteiger partial charge >= 0.3 is 6.18 Å². The first kappa shape index (κ1) is 20.1. The molecule has 0 spiro atoms. The Kier molecular flexibility index (Phi) is 5.54. The average molecular weight is 416 g/mol. The fraction of sp³-hybridized carbons (Fsp3) is 0.286. The first-order valence-corrected chi connectivity index (χ1v) is 9.47. The number of piperazine rings is 1. The lowest BCUT2D eigenvalue weighted by Crippen LogP contribution is -2.48. The quantitative estimate of drug-likeness (QED) is 0.649. The van der Waals surface area contributed by atoms with Crippen molar-refractivity contribution < 1.29 is 22.5 Å². The second kappa shape index (κ2) is 8.27. The van der Waals surface area contributed by atoms with Crippen molar-refractivity contribution in [1.82, 2.24) is 19.9 Å². The number of nitrogens with zero attached hydrogens (tertiary/aromatic N) is 4. The third-order valence-electron chi connectivity index (χ3n) is 4.97. The predicted molar refractivity (Wildman–Crippen MR) is 102 cm³/mol. The summed E-state index contributed by atoms with van der Waals surface area (Å²) in [5.74, 6) is 0.757. The lowest BCUT2D eigenvalue weighted by atomic mass is 10.1. The van der Waals surface area contributed by atoms with Gasteiger partial charge in [0.15, 0.2) is 5.82 Å². The van der Waals surface area contributed by atoms with Crippen molar-refractivity contribution in [2.75, 3.05) is 26.2 Å². The first-order chi connectivity index (χ1) is 14.4. The number of carbonyl (C=O) groups is 1. The number of carbonyl (C=O) groups excluding carboxylic acids is 1. The largest absolute Gasteiger partial charge is 0.416 e. The van der Waals surface area contributed by atoms with E-state index >= 15 is 0 Å².